The van der Waals surface area contributed by atoms with Crippen molar-refractivity contribution in [2.45, 2.75) is 97.3 Å². The molecule has 0 bridgehead atoms. The normalized spacial score (nSPS) is 13.8. The van der Waals surface area contributed by atoms with Gasteiger partial charge in [0.05, 0.1) is 0 Å². The van der Waals surface area contributed by atoms with Crippen molar-refractivity contribution < 1.29 is 0 Å². The molecule has 0 saturated heterocycles. The van der Waals surface area contributed by atoms with Gasteiger partial charge in [-0.1, -0.05) is 90.6 Å². The fourth-order valence-corrected chi connectivity index (χ4v) is 3.15. The van der Waals surface area contributed by atoms with E-state index >= 15 is 0 Å². The Morgan fingerprint density at radius 3 is 1.74 bits per heavy atom. The predicted octanol–water partition coefficient (Wildman–Crippen LogP) is 7.28. The maximum Gasteiger partial charge on any atom is 0.0359 e. The van der Waals surface area contributed by atoms with Gasteiger partial charge in [0.2, 0.25) is 0 Å². The van der Waals surface area contributed by atoms with Gasteiger partial charge in [-0.15, -0.1) is 12.4 Å². The third kappa shape index (κ3) is 12.6. The van der Waals surface area contributed by atoms with Crippen molar-refractivity contribution in [3.8, 4) is 0 Å². The van der Waals surface area contributed by atoms with E-state index in [0.717, 1.165) is 6.54 Å². The highest BCUT2D eigenvalue weighted by atomic mass is 35.5. The molecule has 2 heteroatoms. The van der Waals surface area contributed by atoms with E-state index < -0.39 is 0 Å². The van der Waals surface area contributed by atoms with Crippen molar-refractivity contribution in [2.24, 2.45) is 0 Å². The van der Waals surface area contributed by atoms with Gasteiger partial charge >= 0.3 is 0 Å². The van der Waals surface area contributed by atoms with E-state index in [4.69, 9.17) is 0 Å². The summed E-state index contributed by atoms with van der Waals surface area (Å²) >= 11 is 0. The van der Waals surface area contributed by atoms with Crippen molar-refractivity contribution in [1.82, 2.24) is 4.90 Å². The molecule has 1 aliphatic rings. The number of halogens is 1. The Bertz CT molecular complexity index is 309. The Morgan fingerprint density at radius 2 is 1.30 bits per heavy atom. The van der Waals surface area contributed by atoms with Crippen LogP contribution < -0.4 is 0 Å². The summed E-state index contributed by atoms with van der Waals surface area (Å²) in [5, 5.41) is 0. The first-order valence-corrected chi connectivity index (χ1v) is 9.98. The third-order valence-corrected chi connectivity index (χ3v) is 4.79. The molecular weight excluding hydrogens is 302 g/mol. The molecule has 0 amide bonds. The monoisotopic (exact) mass is 341 g/mol. The molecule has 23 heavy (non-hydrogen) atoms. The summed E-state index contributed by atoms with van der Waals surface area (Å²) < 4.78 is 0. The zero-order valence-corrected chi connectivity index (χ0v) is 16.5. The predicted molar refractivity (Wildman–Crippen MR) is 107 cm³/mol. The van der Waals surface area contributed by atoms with Crippen molar-refractivity contribution in [3.63, 3.8) is 0 Å². The van der Waals surface area contributed by atoms with Gasteiger partial charge in [0.1, 0.15) is 0 Å². The lowest BCUT2D eigenvalue weighted by molar-refractivity contribution is 0.390. The lowest BCUT2D eigenvalue weighted by atomic mass is 10.1. The van der Waals surface area contributed by atoms with Gasteiger partial charge in [-0.05, 0) is 30.7 Å². The molecule has 0 radical (unpaired) electrons. The van der Waals surface area contributed by atoms with E-state index in [1.807, 2.05) is 0 Å². The first kappa shape index (κ1) is 22.6. The Balaban J connectivity index is 0.00000484. The minimum atomic E-state index is 0. The Kier molecular flexibility index (Phi) is 16.1. The summed E-state index contributed by atoms with van der Waals surface area (Å²) in [5.74, 6) is 0. The molecule has 0 saturated carbocycles. The second-order valence-corrected chi connectivity index (χ2v) is 6.83. The van der Waals surface area contributed by atoms with Gasteiger partial charge < -0.3 is 4.90 Å². The molecule has 136 valence electrons. The summed E-state index contributed by atoms with van der Waals surface area (Å²) in [6, 6.07) is 0. The molecule has 0 aromatic rings. The smallest absolute Gasteiger partial charge is 0.0359 e. The summed E-state index contributed by atoms with van der Waals surface area (Å²) in [7, 11) is 0. The molecule has 1 rings (SSSR count). The second kappa shape index (κ2) is 16.4. The van der Waals surface area contributed by atoms with Gasteiger partial charge in [0.25, 0.3) is 0 Å². The average Bonchev–Trinajstić information content (AvgIpc) is 2.56. The summed E-state index contributed by atoms with van der Waals surface area (Å²) in [6.07, 6.45) is 25.3. The van der Waals surface area contributed by atoms with Crippen molar-refractivity contribution in [1.29, 1.82) is 0 Å². The number of nitrogens with zero attached hydrogens (tertiary/aromatic N) is 1. The van der Waals surface area contributed by atoms with Crippen LogP contribution in [0, 0.1) is 0 Å². The van der Waals surface area contributed by atoms with Gasteiger partial charge in [-0.3, -0.25) is 0 Å². The van der Waals surface area contributed by atoms with Crippen LogP contribution >= 0.6 is 12.4 Å². The SMILES string of the molecule is CCCCCCCCCCCCCCN1C=CC(CC)=CC1.Cl. The molecule has 0 unspecified atom stereocenters. The Hall–Kier alpha value is -0.430. The Morgan fingerprint density at radius 1 is 0.783 bits per heavy atom. The van der Waals surface area contributed by atoms with Gasteiger partial charge in [-0.25, -0.2) is 0 Å². The molecule has 0 fully saturated rings. The molecular formula is C21H40ClN. The molecule has 1 heterocycles. The van der Waals surface area contributed by atoms with E-state index in [0.29, 0.717) is 0 Å². The van der Waals surface area contributed by atoms with Crippen LogP contribution in [0.1, 0.15) is 97.3 Å². The standard InChI is InChI=1S/C21H39N.ClH/c1-3-5-6-7-8-9-10-11-12-13-14-15-18-22-19-16-21(4-2)17-20-22;/h16-17,19H,3-15,18,20H2,1-2H3;1H. The fourth-order valence-electron chi connectivity index (χ4n) is 3.15. The van der Waals surface area contributed by atoms with Crippen LogP contribution in [-0.4, -0.2) is 18.0 Å². The topological polar surface area (TPSA) is 3.24 Å². The van der Waals surface area contributed by atoms with Crippen LogP contribution in [0.3, 0.4) is 0 Å². The van der Waals surface area contributed by atoms with Crippen molar-refractivity contribution in [2.75, 3.05) is 13.1 Å². The van der Waals surface area contributed by atoms with E-state index in [2.05, 4.69) is 37.1 Å². The van der Waals surface area contributed by atoms with E-state index in [1.54, 1.807) is 0 Å². The van der Waals surface area contributed by atoms with Crippen LogP contribution in [0.2, 0.25) is 0 Å². The lowest BCUT2D eigenvalue weighted by Gasteiger charge is -2.22. The maximum absolute atomic E-state index is 2.45. The van der Waals surface area contributed by atoms with Crippen LogP contribution in [0.15, 0.2) is 23.9 Å². The zero-order chi connectivity index (χ0) is 15.9. The zero-order valence-electron chi connectivity index (χ0n) is 15.7. The molecule has 1 aliphatic heterocycles. The quantitative estimate of drug-likeness (QED) is 0.300. The fraction of sp³-hybridized carbons (Fsp3) is 0.810. The highest BCUT2D eigenvalue weighted by molar-refractivity contribution is 5.85. The van der Waals surface area contributed by atoms with Crippen LogP contribution in [0.5, 0.6) is 0 Å². The number of hydrogen-bond acceptors (Lipinski definition) is 1. The average molecular weight is 342 g/mol. The molecule has 0 aromatic carbocycles. The number of hydrogen-bond donors (Lipinski definition) is 0. The first-order chi connectivity index (χ1) is 10.9. The molecule has 0 atom stereocenters. The van der Waals surface area contributed by atoms with Gasteiger partial charge in [-0.2, -0.15) is 0 Å². The molecule has 0 spiro atoms. The van der Waals surface area contributed by atoms with Gasteiger partial charge in [0, 0.05) is 13.1 Å². The largest absolute Gasteiger partial charge is 0.374 e. The van der Waals surface area contributed by atoms with Crippen molar-refractivity contribution >= 4 is 12.4 Å². The first-order valence-electron chi connectivity index (χ1n) is 9.98. The highest BCUT2D eigenvalue weighted by Gasteiger charge is 2.02. The summed E-state index contributed by atoms with van der Waals surface area (Å²) in [4.78, 5) is 2.45. The highest BCUT2D eigenvalue weighted by Crippen LogP contribution is 2.13. The molecule has 0 aliphatic carbocycles. The summed E-state index contributed by atoms with van der Waals surface area (Å²) in [6.45, 7) is 6.89. The minimum absolute atomic E-state index is 0. The minimum Gasteiger partial charge on any atom is -0.374 e. The number of unbranched alkanes of at least 4 members (excludes halogenated alkanes) is 11. The van der Waals surface area contributed by atoms with Crippen LogP contribution in [0.25, 0.3) is 0 Å². The van der Waals surface area contributed by atoms with E-state index in [9.17, 15) is 0 Å². The summed E-state index contributed by atoms with van der Waals surface area (Å²) in [5.41, 5.74) is 1.49. The molecule has 0 aromatic heterocycles. The molecule has 0 N–H and O–H groups in total. The second-order valence-electron chi connectivity index (χ2n) is 6.83. The molecule has 1 nitrogen and oxygen atoms in total. The maximum atomic E-state index is 2.45. The van der Waals surface area contributed by atoms with E-state index in [-0.39, 0.29) is 12.4 Å². The van der Waals surface area contributed by atoms with E-state index in [1.165, 1.54) is 95.6 Å². The lowest BCUT2D eigenvalue weighted by Crippen LogP contribution is -2.21. The van der Waals surface area contributed by atoms with Crippen molar-refractivity contribution in [3.05, 3.63) is 23.9 Å². The Labute approximate surface area is 152 Å². The van der Waals surface area contributed by atoms with Gasteiger partial charge in [0.15, 0.2) is 0 Å². The van der Waals surface area contributed by atoms with Crippen LogP contribution in [0.4, 0.5) is 0 Å². The third-order valence-electron chi connectivity index (χ3n) is 4.79. The number of rotatable bonds is 14. The number of allylic oxidation sites excluding steroid dienone is 2. The van der Waals surface area contributed by atoms with Crippen LogP contribution in [-0.2, 0) is 0 Å².